The van der Waals surface area contributed by atoms with Gasteiger partial charge in [0.25, 0.3) is 0 Å². The van der Waals surface area contributed by atoms with E-state index < -0.39 is 173 Å². The summed E-state index contributed by atoms with van der Waals surface area (Å²) in [5, 5.41) is 138. The molecule has 0 amide bonds. The monoisotopic (exact) mass is 835 g/mol. The van der Waals surface area contributed by atoms with Crippen LogP contribution in [0.2, 0.25) is 0 Å². The Kier molecular flexibility index (Phi) is 16.5. The molecule has 24 nitrogen and oxygen atoms in total. The molecule has 0 aromatic heterocycles. The minimum Gasteiger partial charge on any atom is -0.394 e. The normalized spacial score (nSPS) is 52.4. The minimum atomic E-state index is -1.97. The molecule has 5 aliphatic heterocycles. The quantitative estimate of drug-likeness (QED) is 0.0722. The molecule has 15 N–H and O–H groups in total. The van der Waals surface area contributed by atoms with Gasteiger partial charge in [0, 0.05) is 0 Å². The highest BCUT2D eigenvalue weighted by atomic mass is 16.8. The van der Waals surface area contributed by atoms with Gasteiger partial charge in [-0.15, -0.1) is 6.58 Å². The topological polar surface area (TPSA) is 381 Å². The molecule has 5 rings (SSSR count). The number of rotatable bonds is 14. The lowest BCUT2D eigenvalue weighted by molar-refractivity contribution is -0.397. The fourth-order valence-electron chi connectivity index (χ4n) is 7.23. The van der Waals surface area contributed by atoms with Gasteiger partial charge in [0.2, 0.25) is 0 Å². The molecule has 0 aromatic rings. The zero-order valence-electron chi connectivity index (χ0n) is 31.0. The molecule has 57 heavy (non-hydrogen) atoms. The van der Waals surface area contributed by atoms with Crippen molar-refractivity contribution in [2.45, 2.75) is 167 Å². The zero-order valence-corrected chi connectivity index (χ0v) is 31.0. The number of hydrogen-bond donors (Lipinski definition) is 14. The first-order chi connectivity index (χ1) is 27.0. The van der Waals surface area contributed by atoms with Crippen LogP contribution in [-0.4, -0.2) is 246 Å². The van der Waals surface area contributed by atoms with Crippen molar-refractivity contribution >= 4 is 0 Å². The van der Waals surface area contributed by atoms with Gasteiger partial charge in [-0.1, -0.05) is 6.08 Å². The Labute approximate surface area is 325 Å². The predicted octanol–water partition coefficient (Wildman–Crippen LogP) is -8.69. The van der Waals surface area contributed by atoms with E-state index in [2.05, 4.69) is 6.58 Å². The maximum atomic E-state index is 11.2. The standard InChI is InChI=1S/C33H57NO23/c1-4-5-48-30-24(47)27(18(41)12(7-36)51-30)56-29-14(34)26(55-31-22(45)19(42)15(38)9(2)49-31)25(13(8-37)53-29)54-33-28(21(44)17(40)11(6-35)52-33)57-32-23(46)20(43)16(39)10(3)50-32/h4,9-33,35-47H,1,5-8,34H2,2-3H3/t9?,10?,11?,12?,13?,14?,15-,16-,17+,18+,19?,20?,21?,22?,23?,24?,25+,26?,27?,28?,29?,30?,31+,32+,33+/m1/s1. The van der Waals surface area contributed by atoms with Crippen LogP contribution in [0, 0.1) is 0 Å². The second-order valence-electron chi connectivity index (χ2n) is 14.6. The van der Waals surface area contributed by atoms with Gasteiger partial charge >= 0.3 is 0 Å². The second kappa shape index (κ2) is 20.1. The molecule has 0 bridgehead atoms. The molecule has 0 saturated carbocycles. The van der Waals surface area contributed by atoms with Gasteiger partial charge in [-0.25, -0.2) is 0 Å². The SMILES string of the molecule is C=CCOC1OC(CO)[C@H](O)C(OC2OC(CO)[C@H](O[C@@H]3OC(CO)[C@H](O)C(O)C3O[C@@H]3OC(C)[C@@H](O)C(O)C3O)C(O[C@@H]3OC(C)[C@@H](O)C(O)C3O)C2N)C1O. The molecule has 5 aliphatic rings. The second-order valence-corrected chi connectivity index (χ2v) is 14.6. The van der Waals surface area contributed by atoms with Crippen molar-refractivity contribution in [1.29, 1.82) is 0 Å². The van der Waals surface area contributed by atoms with Crippen LogP contribution in [0.25, 0.3) is 0 Å². The van der Waals surface area contributed by atoms with Gasteiger partial charge in [0.1, 0.15) is 104 Å². The lowest BCUT2D eigenvalue weighted by Crippen LogP contribution is -2.70. The predicted molar refractivity (Wildman–Crippen MR) is 180 cm³/mol. The van der Waals surface area contributed by atoms with Crippen LogP contribution >= 0.6 is 0 Å². The van der Waals surface area contributed by atoms with Gasteiger partial charge in [-0.2, -0.15) is 0 Å². The molecule has 0 spiro atoms. The van der Waals surface area contributed by atoms with Crippen LogP contribution in [0.4, 0.5) is 0 Å². The van der Waals surface area contributed by atoms with E-state index in [9.17, 15) is 66.4 Å². The molecular weight excluding hydrogens is 778 g/mol. The Balaban J connectivity index is 1.48. The molecule has 0 aliphatic carbocycles. The minimum absolute atomic E-state index is 0.115. The van der Waals surface area contributed by atoms with Crippen molar-refractivity contribution in [1.82, 2.24) is 0 Å². The van der Waals surface area contributed by atoms with Crippen molar-refractivity contribution in [3.8, 4) is 0 Å². The third kappa shape index (κ3) is 9.80. The molecule has 5 fully saturated rings. The van der Waals surface area contributed by atoms with E-state index in [4.69, 9.17) is 53.1 Å². The molecule has 5 heterocycles. The van der Waals surface area contributed by atoms with Crippen LogP contribution in [-0.2, 0) is 47.4 Å². The number of aliphatic hydroxyl groups excluding tert-OH is 13. The number of aliphatic hydroxyl groups is 13. The van der Waals surface area contributed by atoms with E-state index in [1.807, 2.05) is 0 Å². The Morgan fingerprint density at radius 2 is 0.912 bits per heavy atom. The highest BCUT2D eigenvalue weighted by Gasteiger charge is 2.57. The van der Waals surface area contributed by atoms with Crippen molar-refractivity contribution in [3.05, 3.63) is 12.7 Å². The van der Waals surface area contributed by atoms with Crippen molar-refractivity contribution in [2.24, 2.45) is 5.73 Å². The van der Waals surface area contributed by atoms with Crippen molar-refractivity contribution < 1.29 is 114 Å². The van der Waals surface area contributed by atoms with Crippen LogP contribution < -0.4 is 5.73 Å². The van der Waals surface area contributed by atoms with E-state index in [0.29, 0.717) is 0 Å². The van der Waals surface area contributed by atoms with Crippen LogP contribution in [0.5, 0.6) is 0 Å². The van der Waals surface area contributed by atoms with Crippen LogP contribution in [0.3, 0.4) is 0 Å². The van der Waals surface area contributed by atoms with Crippen molar-refractivity contribution in [2.75, 3.05) is 26.4 Å². The fraction of sp³-hybridized carbons (Fsp3) is 0.939. The molecule has 25 atom stereocenters. The molecule has 0 radical (unpaired) electrons. The average Bonchev–Trinajstić information content (AvgIpc) is 3.19. The van der Waals surface area contributed by atoms with Gasteiger partial charge in [0.05, 0.1) is 44.7 Å². The number of ether oxygens (including phenoxy) is 10. The number of nitrogens with two attached hydrogens (primary N) is 1. The van der Waals surface area contributed by atoms with E-state index >= 15 is 0 Å². The third-order valence-corrected chi connectivity index (χ3v) is 10.7. The first-order valence-corrected chi connectivity index (χ1v) is 18.5. The fourth-order valence-corrected chi connectivity index (χ4v) is 7.23. The largest absolute Gasteiger partial charge is 0.394 e. The maximum absolute atomic E-state index is 11.2. The summed E-state index contributed by atoms with van der Waals surface area (Å²) < 4.78 is 57.8. The molecule has 24 heteroatoms. The molecule has 17 unspecified atom stereocenters. The van der Waals surface area contributed by atoms with Gasteiger partial charge in [-0.05, 0) is 13.8 Å². The molecule has 332 valence electrons. The van der Waals surface area contributed by atoms with Crippen molar-refractivity contribution in [3.63, 3.8) is 0 Å². The third-order valence-electron chi connectivity index (χ3n) is 10.7. The highest BCUT2D eigenvalue weighted by molar-refractivity contribution is 5.00. The summed E-state index contributed by atoms with van der Waals surface area (Å²) in [4.78, 5) is 0. The molecule has 0 aromatic carbocycles. The summed E-state index contributed by atoms with van der Waals surface area (Å²) >= 11 is 0. The Morgan fingerprint density at radius 1 is 0.456 bits per heavy atom. The smallest absolute Gasteiger partial charge is 0.187 e. The van der Waals surface area contributed by atoms with E-state index in [1.54, 1.807) is 0 Å². The van der Waals surface area contributed by atoms with Gasteiger partial charge < -0.3 is 119 Å². The molecular formula is C33H57NO23. The van der Waals surface area contributed by atoms with Gasteiger partial charge in [-0.3, -0.25) is 0 Å². The summed E-state index contributed by atoms with van der Waals surface area (Å²) in [6.45, 7) is 3.57. The van der Waals surface area contributed by atoms with E-state index in [-0.39, 0.29) is 6.61 Å². The van der Waals surface area contributed by atoms with Crippen LogP contribution in [0.15, 0.2) is 12.7 Å². The molecule has 5 saturated heterocycles. The summed E-state index contributed by atoms with van der Waals surface area (Å²) in [7, 11) is 0. The number of hydrogen-bond acceptors (Lipinski definition) is 24. The maximum Gasteiger partial charge on any atom is 0.187 e. The zero-order chi connectivity index (χ0) is 42.0. The van der Waals surface area contributed by atoms with Gasteiger partial charge in [0.15, 0.2) is 31.5 Å². The Bertz CT molecular complexity index is 1260. The summed E-state index contributed by atoms with van der Waals surface area (Å²) in [6, 6.07) is -1.62. The Hall–Kier alpha value is -1.22. The highest BCUT2D eigenvalue weighted by Crippen LogP contribution is 2.36. The summed E-state index contributed by atoms with van der Waals surface area (Å²) in [5.41, 5.74) is 6.65. The lowest BCUT2D eigenvalue weighted by Gasteiger charge is -2.51. The first kappa shape index (κ1) is 46.8. The van der Waals surface area contributed by atoms with E-state index in [0.717, 1.165) is 0 Å². The van der Waals surface area contributed by atoms with E-state index in [1.165, 1.54) is 19.9 Å². The summed E-state index contributed by atoms with van der Waals surface area (Å²) in [5.74, 6) is 0. The summed E-state index contributed by atoms with van der Waals surface area (Å²) in [6.07, 6.45) is -38.6. The Morgan fingerprint density at radius 3 is 1.44 bits per heavy atom. The lowest BCUT2D eigenvalue weighted by atomic mass is 9.94. The average molecular weight is 836 g/mol. The van der Waals surface area contributed by atoms with Crippen LogP contribution in [0.1, 0.15) is 13.8 Å². The first-order valence-electron chi connectivity index (χ1n) is 18.5.